The lowest BCUT2D eigenvalue weighted by Gasteiger charge is -2.10. The van der Waals surface area contributed by atoms with Crippen molar-refractivity contribution < 1.29 is 14.4 Å². The summed E-state index contributed by atoms with van der Waals surface area (Å²) in [5.74, 6) is 9.45. The number of carbonyl (C=O) groups is 1. The fourth-order valence-electron chi connectivity index (χ4n) is 4.26. The van der Waals surface area contributed by atoms with Crippen LogP contribution in [-0.4, -0.2) is 44.2 Å². The minimum atomic E-state index is -0.640. The monoisotopic (exact) mass is 402 g/mol. The molecule has 5 rings (SSSR count). The molecule has 0 unspecified atom stereocenters. The van der Waals surface area contributed by atoms with Crippen molar-refractivity contribution in [2.75, 3.05) is 13.1 Å². The average molecular weight is 402 g/mol. The van der Waals surface area contributed by atoms with Crippen LogP contribution in [0, 0.1) is 29.6 Å². The van der Waals surface area contributed by atoms with Crippen LogP contribution in [0.1, 0.15) is 30.1 Å². The van der Waals surface area contributed by atoms with Crippen LogP contribution in [0.3, 0.4) is 0 Å². The smallest absolute Gasteiger partial charge is 0.209 e. The topological polar surface area (TPSA) is 84.4 Å². The minimum Gasteiger partial charge on any atom is -0.385 e. The van der Waals surface area contributed by atoms with Crippen molar-refractivity contribution in [2.24, 2.45) is 17.8 Å². The largest absolute Gasteiger partial charge is 0.385 e. The van der Waals surface area contributed by atoms with Crippen LogP contribution < -0.4 is 0 Å². The van der Waals surface area contributed by atoms with Crippen LogP contribution in [0.15, 0.2) is 47.2 Å². The summed E-state index contributed by atoms with van der Waals surface area (Å²) in [6.45, 7) is 3.86. The maximum Gasteiger partial charge on any atom is 0.209 e. The van der Waals surface area contributed by atoms with Gasteiger partial charge in [-0.1, -0.05) is 17.0 Å². The van der Waals surface area contributed by atoms with E-state index >= 15 is 0 Å². The van der Waals surface area contributed by atoms with Crippen molar-refractivity contribution in [2.45, 2.75) is 19.6 Å². The molecule has 1 aliphatic heterocycles. The Morgan fingerprint density at radius 3 is 2.77 bits per heavy atom. The Morgan fingerprint density at radius 1 is 1.30 bits per heavy atom. The van der Waals surface area contributed by atoms with Gasteiger partial charge in [-0.2, -0.15) is 0 Å². The Balaban J connectivity index is 1.23. The first-order valence-electron chi connectivity index (χ1n) is 10.1. The second kappa shape index (κ2) is 7.47. The average Bonchev–Trinajstić information content (AvgIpc) is 3.25. The second-order valence-electron chi connectivity index (χ2n) is 8.03. The molecule has 2 fully saturated rings. The zero-order valence-electron chi connectivity index (χ0n) is 16.6. The number of fused-ring (bicyclic) bond motifs is 1. The van der Waals surface area contributed by atoms with Crippen LogP contribution in [0.5, 0.6) is 0 Å². The molecule has 152 valence electrons. The molecule has 0 bridgehead atoms. The third-order valence-electron chi connectivity index (χ3n) is 5.94. The molecular formula is C23H22N4O3. The Bertz CT molecular complexity index is 1110. The van der Waals surface area contributed by atoms with E-state index in [1.54, 1.807) is 13.1 Å². The number of aliphatic hydroxyl groups is 1. The first-order chi connectivity index (χ1) is 14.6. The highest BCUT2D eigenvalue weighted by Crippen LogP contribution is 2.50. The standard InChI is InChI=1S/C23H22N4O3/c1-15(29)23-24-8-9-27(23)11-18-10-22(30-25-18)17-5-2-16(3-6-17)4-7-19-20-12-26(14-28)13-21(19)20/h2-3,5-6,8-10,14-15,19-21,29H,11-13H2,1H3/t15-,19-,20-,21+/m0/s1. The first-order valence-corrected chi connectivity index (χ1v) is 10.1. The molecule has 2 aromatic heterocycles. The third kappa shape index (κ3) is 3.51. The van der Waals surface area contributed by atoms with Crippen molar-refractivity contribution in [1.29, 1.82) is 0 Å². The van der Waals surface area contributed by atoms with Crippen molar-refractivity contribution in [3.8, 4) is 23.2 Å². The Morgan fingerprint density at radius 2 is 2.07 bits per heavy atom. The van der Waals surface area contributed by atoms with Crippen LogP contribution in [0.4, 0.5) is 0 Å². The molecule has 30 heavy (non-hydrogen) atoms. The lowest BCUT2D eigenvalue weighted by molar-refractivity contribution is -0.117. The van der Waals surface area contributed by atoms with Crippen LogP contribution in [-0.2, 0) is 11.3 Å². The Kier molecular flexibility index (Phi) is 4.64. The van der Waals surface area contributed by atoms with Gasteiger partial charge in [0.15, 0.2) is 5.76 Å². The van der Waals surface area contributed by atoms with E-state index in [2.05, 4.69) is 22.0 Å². The van der Waals surface area contributed by atoms with E-state index in [0.717, 1.165) is 36.3 Å². The summed E-state index contributed by atoms with van der Waals surface area (Å²) in [6, 6.07) is 9.84. The van der Waals surface area contributed by atoms with Gasteiger partial charge in [-0.25, -0.2) is 4.98 Å². The van der Waals surface area contributed by atoms with E-state index in [1.807, 2.05) is 46.0 Å². The number of hydrogen-bond acceptors (Lipinski definition) is 5. The van der Waals surface area contributed by atoms with Crippen molar-refractivity contribution in [3.63, 3.8) is 0 Å². The van der Waals surface area contributed by atoms with E-state index < -0.39 is 6.10 Å². The molecule has 2 aliphatic rings. The van der Waals surface area contributed by atoms with E-state index in [1.165, 1.54) is 0 Å². The van der Waals surface area contributed by atoms with Gasteiger partial charge in [-0.3, -0.25) is 4.79 Å². The fraction of sp³-hybridized carbons (Fsp3) is 0.348. The minimum absolute atomic E-state index is 0.424. The van der Waals surface area contributed by atoms with E-state index in [0.29, 0.717) is 35.9 Å². The number of nitrogens with zero attached hydrogens (tertiary/aromatic N) is 4. The third-order valence-corrected chi connectivity index (χ3v) is 5.94. The van der Waals surface area contributed by atoms with E-state index in [4.69, 9.17) is 4.52 Å². The number of hydrogen-bond donors (Lipinski definition) is 1. The molecule has 1 N–H and O–H groups in total. The summed E-state index contributed by atoms with van der Waals surface area (Å²) in [4.78, 5) is 16.8. The van der Waals surface area contributed by atoms with Gasteiger partial charge >= 0.3 is 0 Å². The van der Waals surface area contributed by atoms with Crippen molar-refractivity contribution in [3.05, 3.63) is 59.8 Å². The predicted molar refractivity (Wildman–Crippen MR) is 109 cm³/mol. The Labute approximate surface area is 174 Å². The number of aromatic nitrogens is 3. The zero-order valence-corrected chi connectivity index (χ0v) is 16.6. The van der Waals surface area contributed by atoms with E-state index in [-0.39, 0.29) is 0 Å². The van der Waals surface area contributed by atoms with Crippen LogP contribution >= 0.6 is 0 Å². The van der Waals surface area contributed by atoms with E-state index in [9.17, 15) is 9.90 Å². The van der Waals surface area contributed by atoms with Gasteiger partial charge in [0.05, 0.1) is 6.54 Å². The molecule has 1 amide bonds. The lowest BCUT2D eigenvalue weighted by atomic mass is 10.1. The molecule has 7 heteroatoms. The molecule has 0 radical (unpaired) electrons. The summed E-state index contributed by atoms with van der Waals surface area (Å²) in [5.41, 5.74) is 2.67. The van der Waals surface area contributed by atoms with Gasteiger partial charge in [-0.15, -0.1) is 0 Å². The quantitative estimate of drug-likeness (QED) is 0.523. The molecule has 0 spiro atoms. The highest BCUT2D eigenvalue weighted by molar-refractivity contribution is 5.59. The SMILES string of the molecule is C[C@H](O)c1nccn1Cc1cc(-c2ccc(C#C[C@@H]3[C@H]4CN(C=O)C[C@@H]34)cc2)on1. The molecule has 4 atom stereocenters. The van der Waals surface area contributed by atoms with Crippen LogP contribution in [0.25, 0.3) is 11.3 Å². The molecule has 3 aromatic rings. The van der Waals surface area contributed by atoms with Crippen molar-refractivity contribution >= 4 is 6.41 Å². The summed E-state index contributed by atoms with van der Waals surface area (Å²) >= 11 is 0. The highest BCUT2D eigenvalue weighted by atomic mass is 16.5. The predicted octanol–water partition coefficient (Wildman–Crippen LogP) is 2.33. The summed E-state index contributed by atoms with van der Waals surface area (Å²) in [5, 5.41) is 13.9. The molecule has 1 saturated carbocycles. The first kappa shape index (κ1) is 18.6. The Hall–Kier alpha value is -3.37. The molecule has 7 nitrogen and oxygen atoms in total. The number of amides is 1. The van der Waals surface area contributed by atoms with Gasteiger partial charge in [-0.05, 0) is 43.0 Å². The molecule has 1 aliphatic carbocycles. The number of piperidine rings is 1. The normalized spacial score (nSPS) is 22.9. The molecule has 1 saturated heterocycles. The maximum absolute atomic E-state index is 10.8. The summed E-state index contributed by atoms with van der Waals surface area (Å²) in [7, 11) is 0. The number of aliphatic hydroxyl groups excluding tert-OH is 1. The van der Waals surface area contributed by atoms with Crippen LogP contribution in [0.2, 0.25) is 0 Å². The zero-order chi connectivity index (χ0) is 20.7. The number of benzene rings is 1. The molecule has 1 aromatic carbocycles. The summed E-state index contributed by atoms with van der Waals surface area (Å²) in [6.07, 6.45) is 3.77. The number of imidazole rings is 1. The lowest BCUT2D eigenvalue weighted by Crippen LogP contribution is -2.22. The van der Waals surface area contributed by atoms with Gasteiger partial charge in [0.25, 0.3) is 0 Å². The van der Waals surface area contributed by atoms with Gasteiger partial charge in [0.1, 0.15) is 17.6 Å². The van der Waals surface area contributed by atoms with Gasteiger partial charge < -0.3 is 19.1 Å². The number of likely N-dealkylation sites (tertiary alicyclic amines) is 1. The van der Waals surface area contributed by atoms with Gasteiger partial charge in [0, 0.05) is 48.6 Å². The fourth-order valence-corrected chi connectivity index (χ4v) is 4.26. The number of rotatable bonds is 5. The number of carbonyl (C=O) groups excluding carboxylic acids is 1. The highest BCUT2D eigenvalue weighted by Gasteiger charge is 2.54. The second-order valence-corrected chi connectivity index (χ2v) is 8.03. The molecular weight excluding hydrogens is 380 g/mol. The maximum atomic E-state index is 10.8. The molecule has 3 heterocycles. The van der Waals surface area contributed by atoms with Gasteiger partial charge in [0.2, 0.25) is 6.41 Å². The van der Waals surface area contributed by atoms with Crippen molar-refractivity contribution in [1.82, 2.24) is 19.6 Å². The summed E-state index contributed by atoms with van der Waals surface area (Å²) < 4.78 is 7.36.